The Bertz CT molecular complexity index is 1500. The standard InChI is InChI=1S/C73H128O6/c1-4-7-10-13-16-19-22-25-27-28-29-30-31-32-33-34-35-36-37-38-39-40-41-42-43-44-46-48-51-54-57-60-63-66-72(75)78-69-70(68-77-71(74)65-62-59-56-53-50-47-24-21-18-15-12-9-6-3)79-73(76)67-64-61-58-55-52-49-45-26-23-20-17-14-11-8-5-2/h9,12,18,21-22,25-26,28-29,31-32,45,47,50,70H,4-8,10-11,13-17,19-20,23-24,27,30,33-44,46,48-49,51-69H2,1-3H3/b12-9-,21-18-,25-22-,29-28-,32-31-,45-26-,50-47-. The third kappa shape index (κ3) is 65.3. The molecule has 0 bridgehead atoms. The summed E-state index contributed by atoms with van der Waals surface area (Å²) in [5, 5.41) is 0. The number of hydrogen-bond donors (Lipinski definition) is 0. The van der Waals surface area contributed by atoms with E-state index in [1.54, 1.807) is 0 Å². The average Bonchev–Trinajstić information content (AvgIpc) is 3.45. The van der Waals surface area contributed by atoms with Gasteiger partial charge in [-0.3, -0.25) is 14.4 Å². The molecule has 0 fully saturated rings. The second-order valence-corrected chi connectivity index (χ2v) is 22.7. The van der Waals surface area contributed by atoms with Crippen LogP contribution in [0.3, 0.4) is 0 Å². The van der Waals surface area contributed by atoms with Crippen molar-refractivity contribution in [1.82, 2.24) is 0 Å². The van der Waals surface area contributed by atoms with Crippen LogP contribution in [-0.4, -0.2) is 37.2 Å². The van der Waals surface area contributed by atoms with Crippen molar-refractivity contribution in [2.45, 2.75) is 348 Å². The van der Waals surface area contributed by atoms with Crippen LogP contribution in [0.1, 0.15) is 342 Å². The number of carbonyl (C=O) groups excluding carboxylic acids is 3. The number of carbonyl (C=O) groups is 3. The number of esters is 3. The van der Waals surface area contributed by atoms with E-state index >= 15 is 0 Å². The fraction of sp³-hybridized carbons (Fsp3) is 0.767. The molecule has 0 aromatic carbocycles. The predicted octanol–water partition coefficient (Wildman–Crippen LogP) is 23.4. The lowest BCUT2D eigenvalue weighted by molar-refractivity contribution is -0.167. The minimum Gasteiger partial charge on any atom is -0.462 e. The Balaban J connectivity index is 4.15. The van der Waals surface area contributed by atoms with Gasteiger partial charge in [0.15, 0.2) is 6.10 Å². The fourth-order valence-electron chi connectivity index (χ4n) is 9.76. The van der Waals surface area contributed by atoms with Crippen molar-refractivity contribution in [2.24, 2.45) is 0 Å². The topological polar surface area (TPSA) is 78.9 Å². The molecule has 0 aliphatic rings. The van der Waals surface area contributed by atoms with Crippen molar-refractivity contribution in [3.8, 4) is 0 Å². The van der Waals surface area contributed by atoms with Crippen LogP contribution >= 0.6 is 0 Å². The third-order valence-corrected chi connectivity index (χ3v) is 14.9. The summed E-state index contributed by atoms with van der Waals surface area (Å²) < 4.78 is 16.9. The molecule has 0 saturated heterocycles. The van der Waals surface area contributed by atoms with Crippen LogP contribution in [0.25, 0.3) is 0 Å². The van der Waals surface area contributed by atoms with Gasteiger partial charge < -0.3 is 14.2 Å². The zero-order valence-electron chi connectivity index (χ0n) is 52.4. The van der Waals surface area contributed by atoms with Crippen molar-refractivity contribution >= 4 is 17.9 Å². The Hall–Kier alpha value is -3.41. The largest absolute Gasteiger partial charge is 0.462 e. The fourth-order valence-corrected chi connectivity index (χ4v) is 9.76. The molecule has 0 saturated carbocycles. The Kier molecular flexibility index (Phi) is 64.2. The number of ether oxygens (including phenoxy) is 3. The summed E-state index contributed by atoms with van der Waals surface area (Å²) in [4.78, 5) is 38.3. The van der Waals surface area contributed by atoms with Gasteiger partial charge >= 0.3 is 17.9 Å². The Morgan fingerprint density at radius 2 is 0.494 bits per heavy atom. The summed E-state index contributed by atoms with van der Waals surface area (Å²) >= 11 is 0. The van der Waals surface area contributed by atoms with Gasteiger partial charge in [0.05, 0.1) is 0 Å². The predicted molar refractivity (Wildman–Crippen MR) is 344 cm³/mol. The summed E-state index contributed by atoms with van der Waals surface area (Å²) in [7, 11) is 0. The van der Waals surface area contributed by atoms with Crippen LogP contribution in [0.15, 0.2) is 85.1 Å². The van der Waals surface area contributed by atoms with Crippen LogP contribution in [0, 0.1) is 0 Å². The van der Waals surface area contributed by atoms with Gasteiger partial charge in [0.2, 0.25) is 0 Å². The third-order valence-electron chi connectivity index (χ3n) is 14.9. The molecule has 1 atom stereocenters. The lowest BCUT2D eigenvalue weighted by Crippen LogP contribution is -2.30. The van der Waals surface area contributed by atoms with E-state index in [2.05, 4.69) is 106 Å². The second kappa shape index (κ2) is 67.1. The highest BCUT2D eigenvalue weighted by molar-refractivity contribution is 5.71. The first-order valence-corrected chi connectivity index (χ1v) is 34.1. The highest BCUT2D eigenvalue weighted by Crippen LogP contribution is 2.17. The molecule has 0 aliphatic heterocycles. The zero-order valence-corrected chi connectivity index (χ0v) is 52.4. The molecule has 6 nitrogen and oxygen atoms in total. The van der Waals surface area contributed by atoms with Crippen LogP contribution < -0.4 is 0 Å². The van der Waals surface area contributed by atoms with Gasteiger partial charge in [-0.1, -0.05) is 292 Å². The normalized spacial score (nSPS) is 12.6. The first kappa shape index (κ1) is 75.6. The quantitative estimate of drug-likeness (QED) is 0.0261. The van der Waals surface area contributed by atoms with Crippen molar-refractivity contribution in [1.29, 1.82) is 0 Å². The Labute approximate surface area is 490 Å². The molecule has 0 aromatic heterocycles. The Morgan fingerprint density at radius 1 is 0.266 bits per heavy atom. The van der Waals surface area contributed by atoms with Gasteiger partial charge in [-0.05, 0) is 116 Å². The molecular formula is C73H128O6. The Morgan fingerprint density at radius 3 is 0.797 bits per heavy atom. The van der Waals surface area contributed by atoms with Gasteiger partial charge in [0.25, 0.3) is 0 Å². The molecule has 0 N–H and O–H groups in total. The SMILES string of the molecule is CC/C=C\C/C=C\C/C=C\CCCCCC(=O)OCC(COC(=O)CCCCCCCCCCCCCCCCCCCC/C=C\C/C=C\C/C=C\CCCCCCC)OC(=O)CCCCCCC/C=C\CCCCCCCC. The van der Waals surface area contributed by atoms with Crippen LogP contribution in [-0.2, 0) is 28.6 Å². The van der Waals surface area contributed by atoms with Gasteiger partial charge in [-0.15, -0.1) is 0 Å². The summed E-state index contributed by atoms with van der Waals surface area (Å²) in [6, 6.07) is 0. The molecular weight excluding hydrogens is 973 g/mol. The molecule has 0 amide bonds. The van der Waals surface area contributed by atoms with Crippen LogP contribution in [0.5, 0.6) is 0 Å². The van der Waals surface area contributed by atoms with Gasteiger partial charge in [-0.2, -0.15) is 0 Å². The number of hydrogen-bond acceptors (Lipinski definition) is 6. The van der Waals surface area contributed by atoms with Gasteiger partial charge in [0.1, 0.15) is 13.2 Å². The van der Waals surface area contributed by atoms with Crippen molar-refractivity contribution < 1.29 is 28.6 Å². The summed E-state index contributed by atoms with van der Waals surface area (Å²) in [6.07, 6.45) is 89.1. The second-order valence-electron chi connectivity index (χ2n) is 22.7. The molecule has 456 valence electrons. The van der Waals surface area contributed by atoms with Gasteiger partial charge in [0, 0.05) is 19.3 Å². The first-order chi connectivity index (χ1) is 39.0. The van der Waals surface area contributed by atoms with E-state index in [0.29, 0.717) is 19.3 Å². The van der Waals surface area contributed by atoms with Crippen molar-refractivity contribution in [2.75, 3.05) is 13.2 Å². The molecule has 0 radical (unpaired) electrons. The van der Waals surface area contributed by atoms with E-state index in [0.717, 1.165) is 109 Å². The van der Waals surface area contributed by atoms with E-state index in [1.807, 2.05) is 0 Å². The van der Waals surface area contributed by atoms with Gasteiger partial charge in [-0.25, -0.2) is 0 Å². The molecule has 0 aromatic rings. The maximum Gasteiger partial charge on any atom is 0.306 e. The first-order valence-electron chi connectivity index (χ1n) is 34.1. The van der Waals surface area contributed by atoms with E-state index in [1.165, 1.54) is 193 Å². The lowest BCUT2D eigenvalue weighted by atomic mass is 10.0. The number of rotatable bonds is 62. The lowest BCUT2D eigenvalue weighted by Gasteiger charge is -2.18. The van der Waals surface area contributed by atoms with Crippen molar-refractivity contribution in [3.05, 3.63) is 85.1 Å². The highest BCUT2D eigenvalue weighted by Gasteiger charge is 2.19. The maximum absolute atomic E-state index is 12.9. The molecule has 0 rings (SSSR count). The van der Waals surface area contributed by atoms with E-state index < -0.39 is 6.10 Å². The monoisotopic (exact) mass is 1100 g/mol. The summed E-state index contributed by atoms with van der Waals surface area (Å²) in [5.74, 6) is -0.912. The minimum atomic E-state index is -0.792. The highest BCUT2D eigenvalue weighted by atomic mass is 16.6. The number of unbranched alkanes of at least 4 members (excludes halogenated alkanes) is 37. The smallest absolute Gasteiger partial charge is 0.306 e. The van der Waals surface area contributed by atoms with E-state index in [4.69, 9.17) is 14.2 Å². The molecule has 6 heteroatoms. The zero-order chi connectivity index (χ0) is 57.1. The molecule has 1 unspecified atom stereocenters. The molecule has 0 heterocycles. The average molecular weight is 1100 g/mol. The maximum atomic E-state index is 12.9. The summed E-state index contributed by atoms with van der Waals surface area (Å²) in [6.45, 7) is 6.51. The molecule has 79 heavy (non-hydrogen) atoms. The van der Waals surface area contributed by atoms with Crippen LogP contribution in [0.2, 0.25) is 0 Å². The number of allylic oxidation sites excluding steroid dienone is 14. The van der Waals surface area contributed by atoms with Crippen LogP contribution in [0.4, 0.5) is 0 Å². The van der Waals surface area contributed by atoms with E-state index in [-0.39, 0.29) is 31.1 Å². The molecule has 0 spiro atoms. The van der Waals surface area contributed by atoms with E-state index in [9.17, 15) is 14.4 Å². The van der Waals surface area contributed by atoms with Crippen molar-refractivity contribution in [3.63, 3.8) is 0 Å². The minimum absolute atomic E-state index is 0.0866. The molecule has 0 aliphatic carbocycles. The summed E-state index contributed by atoms with van der Waals surface area (Å²) in [5.41, 5.74) is 0.